The molecule has 0 amide bonds. The average Bonchev–Trinajstić information content (AvgIpc) is 2.42. The van der Waals surface area contributed by atoms with E-state index >= 15 is 0 Å². The van der Waals surface area contributed by atoms with Gasteiger partial charge in [0, 0.05) is 15.5 Å². The minimum atomic E-state index is -3.66. The summed E-state index contributed by atoms with van der Waals surface area (Å²) < 4.78 is 28.4. The van der Waals surface area contributed by atoms with Crippen LogP contribution in [0.15, 0.2) is 26.0 Å². The van der Waals surface area contributed by atoms with Crippen molar-refractivity contribution in [3.8, 4) is 0 Å². The normalized spacial score (nSPS) is 13.7. The van der Waals surface area contributed by atoms with Crippen molar-refractivity contribution in [2.75, 3.05) is 6.54 Å². The van der Waals surface area contributed by atoms with E-state index in [1.165, 1.54) is 0 Å². The first-order valence-electron chi connectivity index (χ1n) is 6.86. The van der Waals surface area contributed by atoms with Crippen molar-refractivity contribution in [2.24, 2.45) is 5.92 Å². The van der Waals surface area contributed by atoms with Crippen LogP contribution in [0.4, 0.5) is 0 Å². The summed E-state index contributed by atoms with van der Waals surface area (Å²) >= 11 is 6.61. The fourth-order valence-corrected chi connectivity index (χ4v) is 4.83. The Bertz CT molecular complexity index is 586. The number of sulfonamides is 1. The van der Waals surface area contributed by atoms with Gasteiger partial charge in [0.2, 0.25) is 10.0 Å². The minimum Gasteiger partial charge on any atom is -0.391 e. The van der Waals surface area contributed by atoms with Gasteiger partial charge in [-0.05, 0) is 46.5 Å². The molecule has 1 unspecified atom stereocenters. The molecule has 1 atom stereocenters. The van der Waals surface area contributed by atoms with Gasteiger partial charge in [-0.3, -0.25) is 0 Å². The summed E-state index contributed by atoms with van der Waals surface area (Å²) in [6.45, 7) is 5.88. The molecule has 1 aromatic rings. The van der Waals surface area contributed by atoms with Gasteiger partial charge in [0.1, 0.15) is 0 Å². The highest BCUT2D eigenvalue weighted by Crippen LogP contribution is 2.28. The first kappa shape index (κ1) is 19.1. The average molecular weight is 443 g/mol. The quantitative estimate of drug-likeness (QED) is 0.677. The van der Waals surface area contributed by atoms with Gasteiger partial charge in [0.15, 0.2) is 0 Å². The van der Waals surface area contributed by atoms with E-state index in [2.05, 4.69) is 36.6 Å². The van der Waals surface area contributed by atoms with E-state index < -0.39 is 16.1 Å². The second-order valence-corrected chi connectivity index (χ2v) is 8.47. The molecule has 0 heterocycles. The number of benzene rings is 1. The Hall–Kier alpha value is 0.0500. The lowest BCUT2D eigenvalue weighted by Crippen LogP contribution is -2.36. The Morgan fingerprint density at radius 1 is 1.19 bits per heavy atom. The topological polar surface area (TPSA) is 66.4 Å². The van der Waals surface area contributed by atoms with Gasteiger partial charge in [0.25, 0.3) is 0 Å². The maximum absolute atomic E-state index is 12.3. The first-order chi connectivity index (χ1) is 9.72. The van der Waals surface area contributed by atoms with E-state index in [4.69, 9.17) is 0 Å². The predicted molar refractivity (Wildman–Crippen MR) is 91.8 cm³/mol. The van der Waals surface area contributed by atoms with Gasteiger partial charge >= 0.3 is 0 Å². The van der Waals surface area contributed by atoms with Crippen LogP contribution in [-0.4, -0.2) is 26.2 Å². The van der Waals surface area contributed by atoms with Gasteiger partial charge in [-0.1, -0.05) is 42.6 Å². The number of nitrogens with one attached hydrogen (secondary N) is 1. The summed E-state index contributed by atoms with van der Waals surface area (Å²) in [5, 5.41) is 10.0. The van der Waals surface area contributed by atoms with E-state index in [9.17, 15) is 13.5 Å². The molecular formula is C14H21Br2NO3S. The molecule has 4 nitrogen and oxygen atoms in total. The van der Waals surface area contributed by atoms with Crippen molar-refractivity contribution in [2.45, 2.75) is 44.6 Å². The van der Waals surface area contributed by atoms with Crippen molar-refractivity contribution in [3.05, 3.63) is 26.6 Å². The Morgan fingerprint density at radius 3 is 2.29 bits per heavy atom. The Morgan fingerprint density at radius 2 is 1.76 bits per heavy atom. The molecule has 0 bridgehead atoms. The van der Waals surface area contributed by atoms with Crippen LogP contribution in [0.5, 0.6) is 0 Å². The third-order valence-corrected chi connectivity index (χ3v) is 6.81. The zero-order valence-corrected chi connectivity index (χ0v) is 16.3. The highest BCUT2D eigenvalue weighted by atomic mass is 79.9. The molecule has 0 aliphatic rings. The number of hydrogen-bond acceptors (Lipinski definition) is 3. The van der Waals surface area contributed by atoms with Gasteiger partial charge in [-0.25, -0.2) is 13.1 Å². The SMILES string of the molecule is CCC(CC)C(O)CNS(=O)(=O)c1cc(Br)c(C)cc1Br. The van der Waals surface area contributed by atoms with E-state index in [1.54, 1.807) is 12.1 Å². The Balaban J connectivity index is 2.90. The number of aliphatic hydroxyl groups is 1. The molecule has 120 valence electrons. The van der Waals surface area contributed by atoms with Crippen molar-refractivity contribution in [1.82, 2.24) is 4.72 Å². The molecule has 0 fully saturated rings. The van der Waals surface area contributed by atoms with E-state index in [-0.39, 0.29) is 17.4 Å². The molecule has 0 radical (unpaired) electrons. The van der Waals surface area contributed by atoms with Crippen LogP contribution in [0, 0.1) is 12.8 Å². The summed E-state index contributed by atoms with van der Waals surface area (Å²) in [6, 6.07) is 3.31. The number of aryl methyl sites for hydroxylation is 1. The maximum atomic E-state index is 12.3. The van der Waals surface area contributed by atoms with Crippen LogP contribution in [-0.2, 0) is 10.0 Å². The lowest BCUT2D eigenvalue weighted by atomic mass is 9.97. The van der Waals surface area contributed by atoms with Gasteiger partial charge < -0.3 is 5.11 Å². The zero-order valence-electron chi connectivity index (χ0n) is 12.4. The minimum absolute atomic E-state index is 0.0205. The second kappa shape index (κ2) is 8.06. The molecular weight excluding hydrogens is 422 g/mol. The van der Waals surface area contributed by atoms with Crippen LogP contribution in [0.25, 0.3) is 0 Å². The summed E-state index contributed by atoms with van der Waals surface area (Å²) in [5.74, 6) is 0.0981. The molecule has 0 aromatic heterocycles. The molecule has 0 aliphatic carbocycles. The first-order valence-corrected chi connectivity index (χ1v) is 9.93. The van der Waals surface area contributed by atoms with Gasteiger partial charge in [-0.15, -0.1) is 0 Å². The monoisotopic (exact) mass is 441 g/mol. The predicted octanol–water partition coefficient (Wildman–Crippen LogP) is 3.60. The number of aliphatic hydroxyl groups excluding tert-OH is 1. The van der Waals surface area contributed by atoms with Crippen molar-refractivity contribution < 1.29 is 13.5 Å². The molecule has 0 saturated heterocycles. The molecule has 1 rings (SSSR count). The Labute approximate surface area is 143 Å². The molecule has 1 aromatic carbocycles. The number of rotatable bonds is 7. The van der Waals surface area contributed by atoms with Gasteiger partial charge in [0.05, 0.1) is 11.0 Å². The molecule has 0 spiro atoms. The molecule has 21 heavy (non-hydrogen) atoms. The number of halogens is 2. The number of hydrogen-bond donors (Lipinski definition) is 2. The highest BCUT2D eigenvalue weighted by molar-refractivity contribution is 9.11. The maximum Gasteiger partial charge on any atom is 0.241 e. The summed E-state index contributed by atoms with van der Waals surface area (Å²) in [6.07, 6.45) is 0.959. The zero-order chi connectivity index (χ0) is 16.2. The summed E-state index contributed by atoms with van der Waals surface area (Å²) in [7, 11) is -3.66. The molecule has 7 heteroatoms. The molecule has 0 aliphatic heterocycles. The van der Waals surface area contributed by atoms with E-state index in [0.717, 1.165) is 22.9 Å². The molecule has 2 N–H and O–H groups in total. The van der Waals surface area contributed by atoms with Crippen molar-refractivity contribution in [3.63, 3.8) is 0 Å². The highest BCUT2D eigenvalue weighted by Gasteiger charge is 2.22. The van der Waals surface area contributed by atoms with Crippen LogP contribution >= 0.6 is 31.9 Å². The van der Waals surface area contributed by atoms with Crippen LogP contribution in [0.1, 0.15) is 32.3 Å². The fraction of sp³-hybridized carbons (Fsp3) is 0.571. The van der Waals surface area contributed by atoms with Gasteiger partial charge in [-0.2, -0.15) is 0 Å². The largest absolute Gasteiger partial charge is 0.391 e. The van der Waals surface area contributed by atoms with E-state index in [0.29, 0.717) is 4.47 Å². The standard InChI is InChI=1S/C14H21Br2NO3S/c1-4-10(5-2)13(18)8-17-21(19,20)14-7-11(15)9(3)6-12(14)16/h6-7,10,13,17-18H,4-5,8H2,1-3H3. The third-order valence-electron chi connectivity index (χ3n) is 3.58. The van der Waals surface area contributed by atoms with Crippen LogP contribution < -0.4 is 4.72 Å². The summed E-state index contributed by atoms with van der Waals surface area (Å²) in [5.41, 5.74) is 0.942. The lowest BCUT2D eigenvalue weighted by molar-refractivity contribution is 0.107. The summed E-state index contributed by atoms with van der Waals surface area (Å²) in [4.78, 5) is 0.164. The molecule has 0 saturated carbocycles. The van der Waals surface area contributed by atoms with Crippen LogP contribution in [0.2, 0.25) is 0 Å². The van der Waals surface area contributed by atoms with Crippen molar-refractivity contribution in [1.29, 1.82) is 0 Å². The van der Waals surface area contributed by atoms with E-state index in [1.807, 2.05) is 20.8 Å². The van der Waals surface area contributed by atoms with Crippen LogP contribution in [0.3, 0.4) is 0 Å². The van der Waals surface area contributed by atoms with Crippen molar-refractivity contribution >= 4 is 41.9 Å². The fourth-order valence-electron chi connectivity index (χ4n) is 2.11. The second-order valence-electron chi connectivity index (χ2n) is 5.03. The smallest absolute Gasteiger partial charge is 0.241 e. The Kier molecular flexibility index (Phi) is 7.33. The third kappa shape index (κ3) is 5.03. The lowest BCUT2D eigenvalue weighted by Gasteiger charge is -2.20.